The minimum atomic E-state index is -0.858. The van der Waals surface area contributed by atoms with Crippen molar-refractivity contribution in [2.45, 2.75) is 19.8 Å². The molecule has 2 rings (SSSR count). The number of benzene rings is 1. The molecule has 0 atom stereocenters. The summed E-state index contributed by atoms with van der Waals surface area (Å²) in [6.45, 7) is 2.02. The van der Waals surface area contributed by atoms with Gasteiger partial charge in [0.1, 0.15) is 0 Å². The lowest BCUT2D eigenvalue weighted by molar-refractivity contribution is -0.127. The predicted molar refractivity (Wildman–Crippen MR) is 77.7 cm³/mol. The van der Waals surface area contributed by atoms with E-state index in [1.165, 1.54) is 12.1 Å². The Morgan fingerprint density at radius 3 is 2.74 bits per heavy atom. The first-order valence-corrected chi connectivity index (χ1v) is 6.71. The zero-order chi connectivity index (χ0) is 14.2. The molecule has 0 aromatic heterocycles. The quantitative estimate of drug-likeness (QED) is 0.843. The van der Waals surface area contributed by atoms with Crippen molar-refractivity contribution in [2.24, 2.45) is 17.1 Å². The van der Waals surface area contributed by atoms with Crippen LogP contribution >= 0.6 is 23.8 Å². The lowest BCUT2D eigenvalue weighted by Crippen LogP contribution is -2.53. The zero-order valence-electron chi connectivity index (χ0n) is 10.4. The molecule has 1 aliphatic rings. The number of carbonyl (C=O) groups excluding carboxylic acids is 1. The van der Waals surface area contributed by atoms with Crippen LogP contribution in [0.25, 0.3) is 0 Å². The van der Waals surface area contributed by atoms with Crippen LogP contribution < -0.4 is 11.1 Å². The molecule has 1 aliphatic carbocycles. The topological polar surface area (TPSA) is 55.1 Å². The van der Waals surface area contributed by atoms with Crippen LogP contribution in [0.3, 0.4) is 0 Å². The summed E-state index contributed by atoms with van der Waals surface area (Å²) in [7, 11) is 0. The van der Waals surface area contributed by atoms with Gasteiger partial charge in [0.15, 0.2) is 5.82 Å². The van der Waals surface area contributed by atoms with Crippen molar-refractivity contribution in [3.63, 3.8) is 0 Å². The van der Waals surface area contributed by atoms with Crippen molar-refractivity contribution >= 4 is 40.4 Å². The van der Waals surface area contributed by atoms with Crippen LogP contribution in [0.15, 0.2) is 18.2 Å². The monoisotopic (exact) mass is 300 g/mol. The summed E-state index contributed by atoms with van der Waals surface area (Å²) in [6, 6.07) is 4.44. The molecule has 0 bridgehead atoms. The molecule has 19 heavy (non-hydrogen) atoms. The Morgan fingerprint density at radius 1 is 1.58 bits per heavy atom. The van der Waals surface area contributed by atoms with Gasteiger partial charge in [0.25, 0.3) is 0 Å². The van der Waals surface area contributed by atoms with E-state index in [4.69, 9.17) is 29.6 Å². The molecule has 1 aromatic carbocycles. The third-order valence-corrected chi connectivity index (χ3v) is 4.18. The molecule has 0 aliphatic heterocycles. The number of nitrogens with two attached hydrogens (primary N) is 1. The van der Waals surface area contributed by atoms with Gasteiger partial charge in [-0.15, -0.1) is 0 Å². The van der Waals surface area contributed by atoms with Gasteiger partial charge < -0.3 is 11.1 Å². The largest absolute Gasteiger partial charge is 0.392 e. The van der Waals surface area contributed by atoms with Crippen molar-refractivity contribution in [1.82, 2.24) is 0 Å². The standard InChI is InChI=1S/C13H14ClFN2OS/c1-7-5-13(6-7,11(16)19)12(18)17-9-4-2-3-8(14)10(9)15/h2-4,7H,5-6H2,1H3,(H2,16,19)(H,17,18). The van der Waals surface area contributed by atoms with Crippen molar-refractivity contribution in [3.05, 3.63) is 29.0 Å². The van der Waals surface area contributed by atoms with E-state index in [2.05, 4.69) is 5.32 Å². The van der Waals surface area contributed by atoms with Gasteiger partial charge in [-0.25, -0.2) is 4.39 Å². The zero-order valence-corrected chi connectivity index (χ0v) is 11.9. The second-order valence-corrected chi connectivity index (χ2v) is 5.86. The van der Waals surface area contributed by atoms with E-state index in [9.17, 15) is 9.18 Å². The normalized spacial score (nSPS) is 25.5. The molecule has 1 amide bonds. The van der Waals surface area contributed by atoms with Crippen LogP contribution in [0.2, 0.25) is 5.02 Å². The van der Waals surface area contributed by atoms with Crippen molar-refractivity contribution in [3.8, 4) is 0 Å². The molecule has 3 nitrogen and oxygen atoms in total. The Balaban J connectivity index is 2.21. The van der Waals surface area contributed by atoms with Gasteiger partial charge in [0.2, 0.25) is 5.91 Å². The maximum Gasteiger partial charge on any atom is 0.237 e. The third kappa shape index (κ3) is 2.44. The summed E-state index contributed by atoms with van der Waals surface area (Å²) in [5, 5.41) is 2.49. The van der Waals surface area contributed by atoms with Gasteiger partial charge in [-0.1, -0.05) is 36.8 Å². The number of nitrogens with one attached hydrogen (secondary N) is 1. The molecule has 6 heteroatoms. The SMILES string of the molecule is CC1CC(C(=O)Nc2cccc(Cl)c2F)(C(N)=S)C1. The molecule has 1 fully saturated rings. The Labute approximate surface area is 121 Å². The number of amides is 1. The van der Waals surface area contributed by atoms with E-state index >= 15 is 0 Å². The van der Waals surface area contributed by atoms with Crippen LogP contribution in [0.5, 0.6) is 0 Å². The Morgan fingerprint density at radius 2 is 2.21 bits per heavy atom. The first-order valence-electron chi connectivity index (χ1n) is 5.92. The smallest absolute Gasteiger partial charge is 0.237 e. The average Bonchev–Trinajstić information content (AvgIpc) is 2.30. The predicted octanol–water partition coefficient (Wildman–Crippen LogP) is 3.12. The van der Waals surface area contributed by atoms with Gasteiger partial charge in [-0.05, 0) is 30.9 Å². The number of anilines is 1. The number of thiocarbonyl (C=S) groups is 1. The molecule has 0 spiro atoms. The highest BCUT2D eigenvalue weighted by Gasteiger charge is 2.51. The summed E-state index contributed by atoms with van der Waals surface area (Å²) in [5.74, 6) is -0.626. The van der Waals surface area contributed by atoms with E-state index in [0.717, 1.165) is 0 Å². The molecule has 0 heterocycles. The molecule has 0 unspecified atom stereocenters. The number of halogens is 2. The number of carbonyl (C=O) groups is 1. The highest BCUT2D eigenvalue weighted by Crippen LogP contribution is 2.46. The highest BCUT2D eigenvalue weighted by molar-refractivity contribution is 7.80. The van der Waals surface area contributed by atoms with Gasteiger partial charge in [-0.3, -0.25) is 4.79 Å². The summed E-state index contributed by atoms with van der Waals surface area (Å²) >= 11 is 10.7. The van der Waals surface area contributed by atoms with Crippen LogP contribution in [0.1, 0.15) is 19.8 Å². The van der Waals surface area contributed by atoms with Crippen LogP contribution in [0, 0.1) is 17.2 Å². The molecule has 3 N–H and O–H groups in total. The summed E-state index contributed by atoms with van der Waals surface area (Å²) in [5.41, 5.74) is 4.86. The second-order valence-electron chi connectivity index (χ2n) is 5.02. The fourth-order valence-corrected chi connectivity index (χ4v) is 2.90. The Hall–Kier alpha value is -1.20. The molecule has 0 saturated heterocycles. The van der Waals surface area contributed by atoms with Gasteiger partial charge in [0.05, 0.1) is 21.1 Å². The van der Waals surface area contributed by atoms with Crippen molar-refractivity contribution in [1.29, 1.82) is 0 Å². The van der Waals surface area contributed by atoms with E-state index in [0.29, 0.717) is 18.8 Å². The maximum absolute atomic E-state index is 13.7. The van der Waals surface area contributed by atoms with Gasteiger partial charge >= 0.3 is 0 Å². The third-order valence-electron chi connectivity index (χ3n) is 3.50. The van der Waals surface area contributed by atoms with E-state index in [1.807, 2.05) is 6.92 Å². The Bertz CT molecular complexity index is 543. The Kier molecular flexibility index (Phi) is 3.78. The second kappa shape index (κ2) is 5.06. The fraction of sp³-hybridized carbons (Fsp3) is 0.385. The minimum absolute atomic E-state index is 0.0378. The first-order chi connectivity index (χ1) is 8.86. The molecule has 0 radical (unpaired) electrons. The van der Waals surface area contributed by atoms with Crippen molar-refractivity contribution < 1.29 is 9.18 Å². The highest BCUT2D eigenvalue weighted by atomic mass is 35.5. The van der Waals surface area contributed by atoms with Crippen LogP contribution in [-0.2, 0) is 4.79 Å². The lowest BCUT2D eigenvalue weighted by atomic mass is 9.62. The summed E-state index contributed by atoms with van der Waals surface area (Å²) in [4.78, 5) is 12.4. The number of rotatable bonds is 3. The van der Waals surface area contributed by atoms with Gasteiger partial charge in [-0.2, -0.15) is 0 Å². The van der Waals surface area contributed by atoms with Crippen molar-refractivity contribution in [2.75, 3.05) is 5.32 Å². The molecular formula is C13H14ClFN2OS. The molecule has 1 aromatic rings. The average molecular weight is 301 g/mol. The minimum Gasteiger partial charge on any atom is -0.392 e. The van der Waals surface area contributed by atoms with Crippen LogP contribution in [-0.4, -0.2) is 10.9 Å². The molecular weight excluding hydrogens is 287 g/mol. The molecule has 1 saturated carbocycles. The fourth-order valence-electron chi connectivity index (χ4n) is 2.47. The number of hydrogen-bond acceptors (Lipinski definition) is 2. The lowest BCUT2D eigenvalue weighted by Gasteiger charge is -2.44. The first kappa shape index (κ1) is 14.2. The maximum atomic E-state index is 13.7. The summed E-state index contributed by atoms with van der Waals surface area (Å²) < 4.78 is 13.7. The van der Waals surface area contributed by atoms with Crippen LogP contribution in [0.4, 0.5) is 10.1 Å². The van der Waals surface area contributed by atoms with E-state index in [-0.39, 0.29) is 21.6 Å². The van der Waals surface area contributed by atoms with E-state index in [1.54, 1.807) is 6.07 Å². The van der Waals surface area contributed by atoms with Gasteiger partial charge in [0, 0.05) is 0 Å². The van der Waals surface area contributed by atoms with E-state index < -0.39 is 11.2 Å². The molecule has 102 valence electrons. The number of hydrogen-bond donors (Lipinski definition) is 2. The summed E-state index contributed by atoms with van der Waals surface area (Å²) in [6.07, 6.45) is 1.19.